The molecule has 0 saturated heterocycles. The molecule has 0 spiro atoms. The van der Waals surface area contributed by atoms with Crippen LogP contribution < -0.4 is 0 Å². The average molecular weight is 741 g/mol. The molecule has 58 heavy (non-hydrogen) atoms. The second-order valence-corrected chi connectivity index (χ2v) is 18.9. The summed E-state index contributed by atoms with van der Waals surface area (Å²) in [4.78, 5) is 0. The summed E-state index contributed by atoms with van der Waals surface area (Å²) in [6, 6.07) is 60.6. The first-order valence-electron chi connectivity index (χ1n) is 20.8. The molecule has 12 rings (SSSR count). The zero-order valence-electron chi connectivity index (χ0n) is 34.0. The predicted molar refractivity (Wildman–Crippen MR) is 253 cm³/mol. The lowest BCUT2D eigenvalue weighted by Gasteiger charge is -2.27. The maximum atomic E-state index is 2.57. The highest BCUT2D eigenvalue weighted by molar-refractivity contribution is 6.41. The maximum Gasteiger partial charge on any atom is -0.000730 e. The van der Waals surface area contributed by atoms with Gasteiger partial charge >= 0.3 is 0 Å². The molecule has 0 bridgehead atoms. The van der Waals surface area contributed by atoms with Crippen molar-refractivity contribution in [2.24, 2.45) is 0 Å². The van der Waals surface area contributed by atoms with Crippen LogP contribution in [0, 0.1) is 0 Å². The summed E-state index contributed by atoms with van der Waals surface area (Å²) in [6.07, 6.45) is 0. The third-order valence-corrected chi connectivity index (χ3v) is 13.3. The van der Waals surface area contributed by atoms with Crippen molar-refractivity contribution in [3.05, 3.63) is 169 Å². The van der Waals surface area contributed by atoms with Crippen molar-refractivity contribution >= 4 is 75.4 Å². The second-order valence-electron chi connectivity index (χ2n) is 18.9. The van der Waals surface area contributed by atoms with Crippen molar-refractivity contribution in [1.82, 2.24) is 0 Å². The summed E-state index contributed by atoms with van der Waals surface area (Å²) >= 11 is 0. The Balaban J connectivity index is 1.40. The minimum Gasteiger partial charge on any atom is -0.0622 e. The van der Waals surface area contributed by atoms with Gasteiger partial charge in [0.15, 0.2) is 0 Å². The number of fused-ring (bicyclic) bond motifs is 9. The van der Waals surface area contributed by atoms with Gasteiger partial charge in [0.25, 0.3) is 0 Å². The normalized spacial score (nSPS) is 13.0. The molecule has 0 atom stereocenters. The first kappa shape index (κ1) is 33.6. The van der Waals surface area contributed by atoms with Gasteiger partial charge in [-0.15, -0.1) is 0 Å². The topological polar surface area (TPSA) is 0 Å². The van der Waals surface area contributed by atoms with Crippen molar-refractivity contribution in [2.75, 3.05) is 0 Å². The van der Waals surface area contributed by atoms with Gasteiger partial charge in [-0.05, 0) is 172 Å². The highest BCUT2D eigenvalue weighted by atomic mass is 14.3. The van der Waals surface area contributed by atoms with E-state index in [9.17, 15) is 0 Å². The van der Waals surface area contributed by atoms with E-state index >= 15 is 0 Å². The molecule has 0 heterocycles. The van der Waals surface area contributed by atoms with Crippen LogP contribution in [0.4, 0.5) is 0 Å². The number of hydrogen-bond donors (Lipinski definition) is 0. The lowest BCUT2D eigenvalue weighted by molar-refractivity contribution is 0.591. The standard InChI is InChI=1S/C58H44/c1-57(2,3)38-26-36-24-25-37-27-39(58(4,5)6)30-49-53(37)52(36)48(29-38)55-50(33-16-9-7-10-17-33)46-31-43-42-23-15-22-41-40-21-14-13-20-35(40)28-45(54(41)42)44(43)32-47(46)51(56(49)55)34-18-11-8-12-19-34/h7-32H,1-6H3. The van der Waals surface area contributed by atoms with Crippen LogP contribution in [-0.4, -0.2) is 0 Å². The molecule has 0 aliphatic heterocycles. The first-order valence-corrected chi connectivity index (χ1v) is 20.8. The van der Waals surface area contributed by atoms with Crippen LogP contribution in [0.1, 0.15) is 52.7 Å². The zero-order valence-corrected chi connectivity index (χ0v) is 34.0. The predicted octanol–water partition coefficient (Wildman–Crippen LogP) is 16.8. The smallest absolute Gasteiger partial charge is 0.000730 e. The van der Waals surface area contributed by atoms with Crippen LogP contribution in [0.2, 0.25) is 0 Å². The van der Waals surface area contributed by atoms with Crippen LogP contribution in [0.15, 0.2) is 158 Å². The van der Waals surface area contributed by atoms with Crippen molar-refractivity contribution in [3.8, 4) is 44.5 Å². The molecule has 0 nitrogen and oxygen atoms in total. The van der Waals surface area contributed by atoms with Crippen LogP contribution >= 0.6 is 0 Å². The van der Waals surface area contributed by atoms with Gasteiger partial charge in [-0.3, -0.25) is 0 Å². The van der Waals surface area contributed by atoms with E-state index in [-0.39, 0.29) is 10.8 Å². The Kier molecular flexibility index (Phi) is 6.70. The van der Waals surface area contributed by atoms with Gasteiger partial charge in [0.1, 0.15) is 0 Å². The molecule has 0 amide bonds. The van der Waals surface area contributed by atoms with Crippen LogP contribution in [0.3, 0.4) is 0 Å². The molecule has 0 aromatic heterocycles. The molecule has 0 saturated carbocycles. The summed E-state index contributed by atoms with van der Waals surface area (Å²) in [6.45, 7) is 14.1. The van der Waals surface area contributed by atoms with E-state index in [1.54, 1.807) is 0 Å². The number of benzene rings is 11. The molecule has 0 N–H and O–H groups in total. The summed E-state index contributed by atoms with van der Waals surface area (Å²) < 4.78 is 0. The monoisotopic (exact) mass is 740 g/mol. The molecule has 0 unspecified atom stereocenters. The van der Waals surface area contributed by atoms with Crippen LogP contribution in [-0.2, 0) is 10.8 Å². The van der Waals surface area contributed by atoms with Gasteiger partial charge in [-0.25, -0.2) is 0 Å². The average Bonchev–Trinajstić information content (AvgIpc) is 3.53. The molecule has 11 aromatic rings. The van der Waals surface area contributed by atoms with Crippen LogP contribution in [0.25, 0.3) is 120 Å². The van der Waals surface area contributed by atoms with E-state index in [0.29, 0.717) is 0 Å². The van der Waals surface area contributed by atoms with Gasteiger partial charge in [0.2, 0.25) is 0 Å². The van der Waals surface area contributed by atoms with Crippen molar-refractivity contribution < 1.29 is 0 Å². The minimum absolute atomic E-state index is 0.0307. The van der Waals surface area contributed by atoms with Gasteiger partial charge in [-0.2, -0.15) is 0 Å². The van der Waals surface area contributed by atoms with E-state index in [1.807, 2.05) is 0 Å². The third-order valence-electron chi connectivity index (χ3n) is 13.3. The zero-order chi connectivity index (χ0) is 39.2. The van der Waals surface area contributed by atoms with E-state index in [1.165, 1.54) is 131 Å². The van der Waals surface area contributed by atoms with E-state index in [0.717, 1.165) is 0 Å². The Labute approximate surface area is 339 Å². The van der Waals surface area contributed by atoms with Crippen molar-refractivity contribution in [2.45, 2.75) is 52.4 Å². The fourth-order valence-corrected chi connectivity index (χ4v) is 10.5. The molecule has 0 radical (unpaired) electrons. The molecular formula is C58H44. The largest absolute Gasteiger partial charge is 0.0622 e. The van der Waals surface area contributed by atoms with Crippen molar-refractivity contribution in [1.29, 1.82) is 0 Å². The summed E-state index contributed by atoms with van der Waals surface area (Å²) in [5.74, 6) is 0. The number of rotatable bonds is 2. The molecule has 1 aliphatic carbocycles. The van der Waals surface area contributed by atoms with Crippen LogP contribution in [0.5, 0.6) is 0 Å². The third kappa shape index (κ3) is 4.58. The molecular weight excluding hydrogens is 697 g/mol. The molecule has 276 valence electrons. The van der Waals surface area contributed by atoms with Gasteiger partial charge < -0.3 is 0 Å². The van der Waals surface area contributed by atoms with E-state index in [4.69, 9.17) is 0 Å². The Morgan fingerprint density at radius 1 is 0.276 bits per heavy atom. The van der Waals surface area contributed by atoms with Gasteiger partial charge in [-0.1, -0.05) is 169 Å². The summed E-state index contributed by atoms with van der Waals surface area (Å²) in [5.41, 5.74) is 13.1. The Bertz CT molecular complexity index is 3530. The summed E-state index contributed by atoms with van der Waals surface area (Å²) in [7, 11) is 0. The lowest BCUT2D eigenvalue weighted by atomic mass is 9.76. The Morgan fingerprint density at radius 2 is 0.759 bits per heavy atom. The van der Waals surface area contributed by atoms with Crippen molar-refractivity contribution in [3.63, 3.8) is 0 Å². The summed E-state index contributed by atoms with van der Waals surface area (Å²) in [5, 5.41) is 18.6. The Hall–Kier alpha value is -6.50. The molecule has 11 aromatic carbocycles. The molecule has 0 fully saturated rings. The second kappa shape index (κ2) is 11.6. The lowest BCUT2D eigenvalue weighted by Crippen LogP contribution is -2.12. The maximum absolute atomic E-state index is 2.57. The number of hydrogen-bond acceptors (Lipinski definition) is 0. The molecule has 1 aliphatic rings. The van der Waals surface area contributed by atoms with E-state index < -0.39 is 0 Å². The highest BCUT2D eigenvalue weighted by Crippen LogP contribution is 2.56. The van der Waals surface area contributed by atoms with E-state index in [2.05, 4.69) is 199 Å². The SMILES string of the molecule is CC(C)(C)c1cc2ccc3cc(C(C)(C)C)cc4c5c(-c6ccccc6)c6cc7c(cc6c(-c6ccccc6)c5c(c1)c2c34)-c1cccc2c1c-7cc1ccccc12. The first-order chi connectivity index (χ1) is 28.0. The highest BCUT2D eigenvalue weighted by Gasteiger charge is 2.30. The van der Waals surface area contributed by atoms with Gasteiger partial charge in [0, 0.05) is 0 Å². The fraction of sp³-hybridized carbons (Fsp3) is 0.138. The quantitative estimate of drug-likeness (QED) is 0.122. The fourth-order valence-electron chi connectivity index (χ4n) is 10.5. The molecule has 0 heteroatoms. The minimum atomic E-state index is -0.0315. The van der Waals surface area contributed by atoms with Gasteiger partial charge in [0.05, 0.1) is 0 Å². The Morgan fingerprint density at radius 3 is 1.29 bits per heavy atom.